The van der Waals surface area contributed by atoms with Crippen LogP contribution in [0.5, 0.6) is 5.75 Å². The number of nitrogens with one attached hydrogen (secondary N) is 2. The summed E-state index contributed by atoms with van der Waals surface area (Å²) in [6, 6.07) is 8.12. The lowest BCUT2D eigenvalue weighted by atomic mass is 10.3. The summed E-state index contributed by atoms with van der Waals surface area (Å²) in [6.45, 7) is -0.355. The number of anilines is 1. The summed E-state index contributed by atoms with van der Waals surface area (Å²) in [5.74, 6) is -1.21. The summed E-state index contributed by atoms with van der Waals surface area (Å²) in [5.41, 5.74) is 4.72. The first-order valence-electron chi connectivity index (χ1n) is 5.94. The van der Waals surface area contributed by atoms with E-state index in [2.05, 4.69) is 20.8 Å². The Morgan fingerprint density at radius 2 is 1.95 bits per heavy atom. The van der Waals surface area contributed by atoms with E-state index in [0.29, 0.717) is 5.82 Å². The molecular weight excluding hydrogens is 276 g/mol. The van der Waals surface area contributed by atoms with Crippen LogP contribution >= 0.6 is 0 Å². The second kappa shape index (κ2) is 6.85. The monoisotopic (exact) mass is 288 g/mol. The van der Waals surface area contributed by atoms with E-state index in [0.717, 1.165) is 0 Å². The van der Waals surface area contributed by atoms with Crippen LogP contribution in [0.2, 0.25) is 0 Å². The van der Waals surface area contributed by atoms with E-state index < -0.39 is 11.9 Å². The van der Waals surface area contributed by atoms with Crippen molar-refractivity contribution >= 4 is 17.7 Å². The van der Waals surface area contributed by atoms with Gasteiger partial charge in [0.25, 0.3) is 5.91 Å². The summed E-state index contributed by atoms with van der Waals surface area (Å²) in [5, 5.41) is 8.92. The largest absolute Gasteiger partial charge is 0.481 e. The van der Waals surface area contributed by atoms with Gasteiger partial charge in [0, 0.05) is 12.4 Å². The minimum absolute atomic E-state index is 0.0259. The van der Waals surface area contributed by atoms with Crippen molar-refractivity contribution in [3.63, 3.8) is 0 Å². The van der Waals surface area contributed by atoms with Crippen LogP contribution in [0.4, 0.5) is 5.82 Å². The Kier molecular flexibility index (Phi) is 4.65. The van der Waals surface area contributed by atoms with E-state index >= 15 is 0 Å². The number of amides is 1. The highest BCUT2D eigenvalue weighted by Gasteiger charge is 2.13. The molecule has 108 valence electrons. The summed E-state index contributed by atoms with van der Waals surface area (Å²) >= 11 is 0. The zero-order valence-corrected chi connectivity index (χ0v) is 10.8. The van der Waals surface area contributed by atoms with E-state index in [1.54, 1.807) is 24.4 Å². The molecule has 2 heterocycles. The molecule has 21 heavy (non-hydrogen) atoms. The molecule has 0 aliphatic rings. The number of aromatic nitrogens is 2. The smallest absolute Gasteiger partial charge is 0.358 e. The number of carboxylic acids is 1. The Balaban J connectivity index is 1.86. The van der Waals surface area contributed by atoms with Gasteiger partial charge in [-0.1, -0.05) is 6.07 Å². The Bertz CT molecular complexity index is 633. The van der Waals surface area contributed by atoms with Crippen LogP contribution in [0.25, 0.3) is 0 Å². The van der Waals surface area contributed by atoms with Gasteiger partial charge in [-0.2, -0.15) is 0 Å². The molecule has 8 nitrogen and oxygen atoms in total. The lowest BCUT2D eigenvalue weighted by Crippen LogP contribution is -2.34. The molecule has 0 saturated carbocycles. The van der Waals surface area contributed by atoms with Crippen molar-refractivity contribution < 1.29 is 19.4 Å². The van der Waals surface area contributed by atoms with Crippen molar-refractivity contribution in [1.29, 1.82) is 0 Å². The van der Waals surface area contributed by atoms with Crippen molar-refractivity contribution in [3.8, 4) is 5.75 Å². The summed E-state index contributed by atoms with van der Waals surface area (Å²) in [6.07, 6.45) is 2.90. The summed E-state index contributed by atoms with van der Waals surface area (Å²) in [4.78, 5) is 30.1. The minimum Gasteiger partial charge on any atom is -0.481 e. The minimum atomic E-state index is -1.22. The standard InChI is InChI=1S/C13H12N4O4/c18-11(17-16-10-5-1-2-6-14-10)8-21-9-4-3-7-15-12(9)13(19)20/h1-7H,8H2,(H,14,16)(H,17,18)(H,19,20). The highest BCUT2D eigenvalue weighted by atomic mass is 16.5. The average Bonchev–Trinajstić information content (AvgIpc) is 2.52. The Labute approximate surface area is 119 Å². The van der Waals surface area contributed by atoms with Gasteiger partial charge < -0.3 is 9.84 Å². The molecular formula is C13H12N4O4. The highest BCUT2D eigenvalue weighted by molar-refractivity contribution is 5.88. The molecule has 0 aliphatic carbocycles. The predicted molar refractivity (Wildman–Crippen MR) is 72.7 cm³/mol. The number of aromatic carboxylic acids is 1. The van der Waals surface area contributed by atoms with Crippen LogP contribution in [0.3, 0.4) is 0 Å². The second-order valence-corrected chi connectivity index (χ2v) is 3.83. The van der Waals surface area contributed by atoms with Crippen molar-refractivity contribution in [1.82, 2.24) is 15.4 Å². The number of carbonyl (C=O) groups is 2. The number of carbonyl (C=O) groups excluding carboxylic acids is 1. The zero-order chi connectivity index (χ0) is 15.1. The van der Waals surface area contributed by atoms with Gasteiger partial charge >= 0.3 is 5.97 Å². The fourth-order valence-corrected chi connectivity index (χ4v) is 1.42. The number of pyridine rings is 2. The van der Waals surface area contributed by atoms with Crippen LogP contribution in [0, 0.1) is 0 Å². The van der Waals surface area contributed by atoms with Gasteiger partial charge in [0.15, 0.2) is 18.1 Å². The maximum Gasteiger partial charge on any atom is 0.358 e. The van der Waals surface area contributed by atoms with E-state index in [1.807, 2.05) is 0 Å². The molecule has 3 N–H and O–H groups in total. The van der Waals surface area contributed by atoms with Crippen LogP contribution < -0.4 is 15.6 Å². The molecule has 2 aromatic heterocycles. The number of ether oxygens (including phenoxy) is 1. The topological polar surface area (TPSA) is 113 Å². The summed E-state index contributed by atoms with van der Waals surface area (Å²) < 4.78 is 5.13. The molecule has 2 aromatic rings. The van der Waals surface area contributed by atoms with E-state index in [9.17, 15) is 9.59 Å². The highest BCUT2D eigenvalue weighted by Crippen LogP contribution is 2.14. The van der Waals surface area contributed by atoms with Crippen LogP contribution in [0.15, 0.2) is 42.7 Å². The number of nitrogens with zero attached hydrogens (tertiary/aromatic N) is 2. The number of rotatable bonds is 6. The molecule has 0 aliphatic heterocycles. The summed E-state index contributed by atoms with van der Waals surface area (Å²) in [7, 11) is 0. The van der Waals surface area contributed by atoms with Gasteiger partial charge in [-0.25, -0.2) is 14.8 Å². The molecule has 0 aromatic carbocycles. The average molecular weight is 288 g/mol. The van der Waals surface area contributed by atoms with Gasteiger partial charge in [0.05, 0.1) is 0 Å². The van der Waals surface area contributed by atoms with Crippen molar-refractivity contribution in [3.05, 3.63) is 48.4 Å². The van der Waals surface area contributed by atoms with Crippen molar-refractivity contribution in [2.24, 2.45) is 0 Å². The molecule has 0 spiro atoms. The van der Waals surface area contributed by atoms with E-state index in [4.69, 9.17) is 9.84 Å². The first kappa shape index (κ1) is 14.3. The van der Waals surface area contributed by atoms with E-state index in [-0.39, 0.29) is 18.1 Å². The molecule has 0 atom stereocenters. The fourth-order valence-electron chi connectivity index (χ4n) is 1.42. The van der Waals surface area contributed by atoms with Crippen LogP contribution in [-0.2, 0) is 4.79 Å². The number of hydrogen-bond donors (Lipinski definition) is 3. The number of hydrogen-bond acceptors (Lipinski definition) is 6. The number of hydrazine groups is 1. The van der Waals surface area contributed by atoms with Gasteiger partial charge in [-0.3, -0.25) is 15.6 Å². The third-order valence-electron chi connectivity index (χ3n) is 2.33. The Morgan fingerprint density at radius 3 is 2.67 bits per heavy atom. The van der Waals surface area contributed by atoms with Crippen molar-refractivity contribution in [2.45, 2.75) is 0 Å². The first-order valence-corrected chi connectivity index (χ1v) is 5.94. The normalized spacial score (nSPS) is 9.71. The van der Waals surface area contributed by atoms with E-state index in [1.165, 1.54) is 18.3 Å². The zero-order valence-electron chi connectivity index (χ0n) is 10.8. The molecule has 0 saturated heterocycles. The lowest BCUT2D eigenvalue weighted by molar-refractivity contribution is -0.122. The van der Waals surface area contributed by atoms with Gasteiger partial charge in [0.1, 0.15) is 5.82 Å². The molecule has 2 rings (SSSR count). The lowest BCUT2D eigenvalue weighted by Gasteiger charge is -2.09. The molecule has 1 amide bonds. The Hall–Kier alpha value is -3.16. The van der Waals surface area contributed by atoms with Crippen LogP contribution in [0.1, 0.15) is 10.5 Å². The van der Waals surface area contributed by atoms with Gasteiger partial charge in [0.2, 0.25) is 0 Å². The maximum atomic E-state index is 11.6. The quantitative estimate of drug-likeness (QED) is 0.670. The first-order chi connectivity index (χ1) is 10.2. The third-order valence-corrected chi connectivity index (χ3v) is 2.33. The number of carboxylic acid groups (broad SMARTS) is 1. The third kappa shape index (κ3) is 4.16. The Morgan fingerprint density at radius 1 is 1.14 bits per heavy atom. The van der Waals surface area contributed by atoms with Gasteiger partial charge in [-0.05, 0) is 24.3 Å². The molecule has 0 unspecified atom stereocenters. The second-order valence-electron chi connectivity index (χ2n) is 3.83. The molecule has 0 radical (unpaired) electrons. The maximum absolute atomic E-state index is 11.6. The van der Waals surface area contributed by atoms with Crippen molar-refractivity contribution in [2.75, 3.05) is 12.0 Å². The molecule has 0 fully saturated rings. The predicted octanol–water partition coefficient (Wildman–Crippen LogP) is 0.697. The van der Waals surface area contributed by atoms with Gasteiger partial charge in [-0.15, -0.1) is 0 Å². The molecule has 0 bridgehead atoms. The van der Waals surface area contributed by atoms with Crippen LogP contribution in [-0.4, -0.2) is 33.6 Å². The molecule has 8 heteroatoms. The fraction of sp³-hybridized carbons (Fsp3) is 0.0769. The SMILES string of the molecule is O=C(COc1cccnc1C(=O)O)NNc1ccccn1.